The van der Waals surface area contributed by atoms with Gasteiger partial charge in [-0.15, -0.1) is 0 Å². The Morgan fingerprint density at radius 1 is 0.846 bits per heavy atom. The fraction of sp³-hybridized carbons (Fsp3) is 0.310. The van der Waals surface area contributed by atoms with Crippen LogP contribution in [0.15, 0.2) is 77.7 Å². The molecule has 0 aliphatic rings. The van der Waals surface area contributed by atoms with Crippen molar-refractivity contribution >= 4 is 50.7 Å². The van der Waals surface area contributed by atoms with E-state index < -0.39 is 28.5 Å². The number of aryl methyl sites for hydroxylation is 1. The Morgan fingerprint density at radius 3 is 1.92 bits per heavy atom. The second-order valence-corrected chi connectivity index (χ2v) is 12.5. The molecule has 3 rings (SSSR count). The van der Waals surface area contributed by atoms with E-state index in [0.29, 0.717) is 22.3 Å². The summed E-state index contributed by atoms with van der Waals surface area (Å²) >= 11 is 12.0. The van der Waals surface area contributed by atoms with Gasteiger partial charge in [0.05, 0.1) is 10.6 Å². The number of anilines is 1. The van der Waals surface area contributed by atoms with Crippen molar-refractivity contribution in [2.45, 2.75) is 45.2 Å². The van der Waals surface area contributed by atoms with E-state index in [9.17, 15) is 18.0 Å². The van der Waals surface area contributed by atoms with E-state index in [1.165, 1.54) is 29.2 Å². The molecule has 1 N–H and O–H groups in total. The number of rotatable bonds is 11. The molecule has 208 valence electrons. The maximum atomic E-state index is 13.9. The number of amides is 2. The van der Waals surface area contributed by atoms with Gasteiger partial charge in [0.25, 0.3) is 10.0 Å². The number of carbonyl (C=O) groups excluding carboxylic acids is 2. The molecule has 0 spiro atoms. The lowest BCUT2D eigenvalue weighted by Gasteiger charge is -2.32. The van der Waals surface area contributed by atoms with Gasteiger partial charge in [0.2, 0.25) is 11.8 Å². The first-order chi connectivity index (χ1) is 18.4. The van der Waals surface area contributed by atoms with Crippen LogP contribution in [0.1, 0.15) is 31.9 Å². The summed E-state index contributed by atoms with van der Waals surface area (Å²) in [5.41, 5.74) is 2.01. The number of benzene rings is 3. The Balaban J connectivity index is 2.00. The first-order valence-corrected chi connectivity index (χ1v) is 14.7. The Bertz CT molecular complexity index is 1380. The summed E-state index contributed by atoms with van der Waals surface area (Å²) < 4.78 is 28.6. The van der Waals surface area contributed by atoms with Crippen LogP contribution in [0.5, 0.6) is 0 Å². The molecule has 0 saturated heterocycles. The zero-order valence-electron chi connectivity index (χ0n) is 22.4. The summed E-state index contributed by atoms with van der Waals surface area (Å²) in [7, 11) is -4.15. The summed E-state index contributed by atoms with van der Waals surface area (Å²) in [6.45, 7) is 7.50. The molecule has 0 aliphatic carbocycles. The molecule has 1 unspecified atom stereocenters. The van der Waals surface area contributed by atoms with Crippen molar-refractivity contribution < 1.29 is 18.0 Å². The fourth-order valence-electron chi connectivity index (χ4n) is 3.80. The molecule has 0 radical (unpaired) electrons. The molecule has 3 aromatic rings. The van der Waals surface area contributed by atoms with E-state index in [1.54, 1.807) is 55.5 Å². The molecule has 0 aliphatic heterocycles. The van der Waals surface area contributed by atoms with Gasteiger partial charge in [-0.1, -0.05) is 66.9 Å². The van der Waals surface area contributed by atoms with Gasteiger partial charge in [-0.25, -0.2) is 8.42 Å². The molecule has 10 heteroatoms. The number of nitrogens with zero attached hydrogens (tertiary/aromatic N) is 2. The molecule has 7 nitrogen and oxygen atoms in total. The third-order valence-corrected chi connectivity index (χ3v) is 8.41. The van der Waals surface area contributed by atoms with Crippen LogP contribution in [0.4, 0.5) is 5.69 Å². The fourth-order valence-corrected chi connectivity index (χ4v) is 5.46. The van der Waals surface area contributed by atoms with E-state index in [4.69, 9.17) is 23.2 Å². The van der Waals surface area contributed by atoms with Crippen LogP contribution < -0.4 is 9.62 Å². The van der Waals surface area contributed by atoms with Gasteiger partial charge in [0, 0.05) is 23.1 Å². The summed E-state index contributed by atoms with van der Waals surface area (Å²) in [6, 6.07) is 18.7. The number of hydrogen-bond acceptors (Lipinski definition) is 4. The molecule has 0 aromatic heterocycles. The number of nitrogens with one attached hydrogen (secondary N) is 1. The smallest absolute Gasteiger partial charge is 0.264 e. The molecule has 0 saturated carbocycles. The minimum atomic E-state index is -4.15. The Hall–Kier alpha value is -3.07. The van der Waals surface area contributed by atoms with Crippen LogP contribution in [0.3, 0.4) is 0 Å². The molecule has 1 atom stereocenters. The second-order valence-electron chi connectivity index (χ2n) is 9.76. The first kappa shape index (κ1) is 30.5. The minimum Gasteiger partial charge on any atom is -0.354 e. The Morgan fingerprint density at radius 2 is 1.38 bits per heavy atom. The lowest BCUT2D eigenvalue weighted by atomic mass is 10.1. The number of hydrogen-bond donors (Lipinski definition) is 1. The van der Waals surface area contributed by atoms with Gasteiger partial charge in [-0.05, 0) is 73.9 Å². The molecular formula is C29H33Cl2N3O4S. The average molecular weight is 591 g/mol. The molecule has 0 fully saturated rings. The molecule has 2 amide bonds. The predicted octanol–water partition coefficient (Wildman–Crippen LogP) is 5.69. The Labute approximate surface area is 240 Å². The maximum absolute atomic E-state index is 13.9. The van der Waals surface area contributed by atoms with Crippen molar-refractivity contribution in [1.29, 1.82) is 0 Å². The highest BCUT2D eigenvalue weighted by molar-refractivity contribution is 7.92. The Kier molecular flexibility index (Phi) is 10.4. The van der Waals surface area contributed by atoms with E-state index >= 15 is 0 Å². The second kappa shape index (κ2) is 13.3. The molecular weight excluding hydrogens is 557 g/mol. The summed E-state index contributed by atoms with van der Waals surface area (Å²) in [4.78, 5) is 28.3. The van der Waals surface area contributed by atoms with Gasteiger partial charge >= 0.3 is 0 Å². The number of sulfonamides is 1. The van der Waals surface area contributed by atoms with Crippen molar-refractivity contribution in [3.8, 4) is 0 Å². The monoisotopic (exact) mass is 589 g/mol. The van der Waals surface area contributed by atoms with Crippen LogP contribution >= 0.6 is 23.2 Å². The van der Waals surface area contributed by atoms with Crippen LogP contribution in [0.25, 0.3) is 0 Å². The zero-order chi connectivity index (χ0) is 28.7. The third-order valence-electron chi connectivity index (χ3n) is 6.12. The van der Waals surface area contributed by atoms with Crippen molar-refractivity contribution in [1.82, 2.24) is 10.2 Å². The van der Waals surface area contributed by atoms with E-state index in [0.717, 1.165) is 15.4 Å². The molecule has 39 heavy (non-hydrogen) atoms. The average Bonchev–Trinajstić information content (AvgIpc) is 2.90. The number of carbonyl (C=O) groups is 2. The molecule has 3 aromatic carbocycles. The van der Waals surface area contributed by atoms with Gasteiger partial charge in [-0.2, -0.15) is 0 Å². The van der Waals surface area contributed by atoms with Crippen LogP contribution in [-0.2, 0) is 26.2 Å². The summed E-state index contributed by atoms with van der Waals surface area (Å²) in [5.74, 6) is -0.633. The van der Waals surface area contributed by atoms with Crippen LogP contribution in [0, 0.1) is 12.8 Å². The summed E-state index contributed by atoms with van der Waals surface area (Å²) in [5, 5.41) is 3.80. The van der Waals surface area contributed by atoms with Crippen LogP contribution in [-0.4, -0.2) is 44.3 Å². The highest BCUT2D eigenvalue weighted by Gasteiger charge is 2.32. The molecule has 0 bridgehead atoms. The highest BCUT2D eigenvalue weighted by atomic mass is 35.5. The van der Waals surface area contributed by atoms with Crippen molar-refractivity contribution in [3.05, 3.63) is 94.0 Å². The van der Waals surface area contributed by atoms with E-state index in [-0.39, 0.29) is 23.3 Å². The minimum absolute atomic E-state index is 0.00717. The van der Waals surface area contributed by atoms with Gasteiger partial charge in [0.1, 0.15) is 12.6 Å². The topological polar surface area (TPSA) is 86.8 Å². The maximum Gasteiger partial charge on any atom is 0.264 e. The van der Waals surface area contributed by atoms with Crippen LogP contribution in [0.2, 0.25) is 10.0 Å². The normalized spacial score (nSPS) is 12.2. The van der Waals surface area contributed by atoms with Crippen molar-refractivity contribution in [2.24, 2.45) is 5.92 Å². The standard InChI is InChI=1S/C29H33Cl2N3O4S/c1-20(2)17-32-29(36)22(4)33(18-23-7-9-24(30)10-8-23)28(35)19-34(26-13-5-21(3)6-14-26)39(37,38)27-15-11-25(31)12-16-27/h5-16,20,22H,17-19H2,1-4H3,(H,32,36). The van der Waals surface area contributed by atoms with E-state index in [1.807, 2.05) is 20.8 Å². The predicted molar refractivity (Wildman–Crippen MR) is 156 cm³/mol. The summed E-state index contributed by atoms with van der Waals surface area (Å²) in [6.07, 6.45) is 0. The van der Waals surface area contributed by atoms with Crippen molar-refractivity contribution in [3.63, 3.8) is 0 Å². The van der Waals surface area contributed by atoms with Crippen molar-refractivity contribution in [2.75, 3.05) is 17.4 Å². The van der Waals surface area contributed by atoms with Gasteiger partial charge < -0.3 is 10.2 Å². The lowest BCUT2D eigenvalue weighted by molar-refractivity contribution is -0.139. The molecule has 0 heterocycles. The van der Waals surface area contributed by atoms with Gasteiger partial charge in [0.15, 0.2) is 0 Å². The largest absolute Gasteiger partial charge is 0.354 e. The first-order valence-electron chi connectivity index (χ1n) is 12.5. The lowest BCUT2D eigenvalue weighted by Crippen LogP contribution is -2.51. The zero-order valence-corrected chi connectivity index (χ0v) is 24.7. The third kappa shape index (κ3) is 8.21. The quantitative estimate of drug-likeness (QED) is 0.311. The van der Waals surface area contributed by atoms with Gasteiger partial charge in [-0.3, -0.25) is 13.9 Å². The number of halogens is 2. The SMILES string of the molecule is Cc1ccc(N(CC(=O)N(Cc2ccc(Cl)cc2)C(C)C(=O)NCC(C)C)S(=O)(=O)c2ccc(Cl)cc2)cc1. The highest BCUT2D eigenvalue weighted by Crippen LogP contribution is 2.26. The van der Waals surface area contributed by atoms with E-state index in [2.05, 4.69) is 5.32 Å².